The highest BCUT2D eigenvalue weighted by Gasteiger charge is 2.21. The van der Waals surface area contributed by atoms with Crippen LogP contribution in [0.4, 0.5) is 0 Å². The van der Waals surface area contributed by atoms with Gasteiger partial charge in [0.25, 0.3) is 0 Å². The fraction of sp³-hybridized carbons (Fsp3) is 0.176. The second-order valence-electron chi connectivity index (χ2n) is 4.76. The van der Waals surface area contributed by atoms with Crippen molar-refractivity contribution in [2.24, 2.45) is 5.73 Å². The van der Waals surface area contributed by atoms with E-state index in [9.17, 15) is 0 Å². The minimum absolute atomic E-state index is 0. The van der Waals surface area contributed by atoms with E-state index in [-0.39, 0.29) is 17.9 Å². The van der Waals surface area contributed by atoms with Crippen LogP contribution in [0.15, 0.2) is 73.3 Å². The molecule has 0 radical (unpaired) electrons. The predicted molar refractivity (Wildman–Crippen MR) is 84.7 cm³/mol. The molecule has 100 valence electrons. The van der Waals surface area contributed by atoms with Crippen molar-refractivity contribution in [2.75, 3.05) is 0 Å². The smallest absolute Gasteiger partial charge is 0.0418 e. The third kappa shape index (κ3) is 4.55. The monoisotopic (exact) mass is 273 g/mol. The first kappa shape index (κ1) is 15.5. The van der Waals surface area contributed by atoms with Crippen LogP contribution in [0.2, 0.25) is 0 Å². The Balaban J connectivity index is 0.00000180. The Bertz CT molecular complexity index is 452. The van der Waals surface area contributed by atoms with Crippen LogP contribution in [0.5, 0.6) is 0 Å². The lowest BCUT2D eigenvalue weighted by molar-refractivity contribution is 0.523. The summed E-state index contributed by atoms with van der Waals surface area (Å²) in [4.78, 5) is 0. The summed E-state index contributed by atoms with van der Waals surface area (Å²) >= 11 is 0. The molecular formula is C17H20ClN. The molecule has 2 rings (SSSR count). The van der Waals surface area contributed by atoms with Gasteiger partial charge >= 0.3 is 0 Å². The molecule has 0 spiro atoms. The average molecular weight is 274 g/mol. The van der Waals surface area contributed by atoms with Crippen molar-refractivity contribution in [2.45, 2.75) is 18.4 Å². The van der Waals surface area contributed by atoms with E-state index in [1.165, 1.54) is 11.1 Å². The van der Waals surface area contributed by atoms with Crippen LogP contribution in [0, 0.1) is 0 Å². The van der Waals surface area contributed by atoms with E-state index in [4.69, 9.17) is 5.73 Å². The first-order valence-electron chi connectivity index (χ1n) is 6.22. The van der Waals surface area contributed by atoms with Crippen molar-refractivity contribution < 1.29 is 0 Å². The molecule has 0 aromatic heterocycles. The summed E-state index contributed by atoms with van der Waals surface area (Å²) in [7, 11) is 0. The molecule has 0 fully saturated rings. The lowest BCUT2D eigenvalue weighted by atomic mass is 9.86. The molecule has 0 amide bonds. The van der Waals surface area contributed by atoms with Gasteiger partial charge in [0.05, 0.1) is 0 Å². The van der Waals surface area contributed by atoms with E-state index >= 15 is 0 Å². The van der Waals surface area contributed by atoms with Gasteiger partial charge in [0.15, 0.2) is 0 Å². The molecule has 19 heavy (non-hydrogen) atoms. The topological polar surface area (TPSA) is 26.0 Å². The van der Waals surface area contributed by atoms with Crippen LogP contribution in [0.25, 0.3) is 0 Å². The van der Waals surface area contributed by atoms with E-state index in [1.807, 2.05) is 42.5 Å². The summed E-state index contributed by atoms with van der Waals surface area (Å²) in [5.74, 6) is 0. The maximum absolute atomic E-state index is 6.44. The fourth-order valence-corrected chi connectivity index (χ4v) is 2.16. The first-order valence-corrected chi connectivity index (χ1v) is 6.22. The zero-order chi connectivity index (χ0) is 12.8. The highest BCUT2D eigenvalue weighted by molar-refractivity contribution is 5.85. The van der Waals surface area contributed by atoms with Crippen LogP contribution < -0.4 is 5.73 Å². The third-order valence-corrected chi connectivity index (χ3v) is 3.16. The number of hydrogen-bond donors (Lipinski definition) is 1. The lowest BCUT2D eigenvalue weighted by Gasteiger charge is -2.26. The second kappa shape index (κ2) is 7.13. The molecule has 0 atom stereocenters. The van der Waals surface area contributed by atoms with Gasteiger partial charge < -0.3 is 5.73 Å². The predicted octanol–water partition coefficient (Wildman–Crippen LogP) is 3.78. The van der Waals surface area contributed by atoms with Crippen LogP contribution in [0.1, 0.15) is 11.1 Å². The zero-order valence-corrected chi connectivity index (χ0v) is 11.8. The number of nitrogens with two attached hydrogens (primary N) is 1. The Morgan fingerprint density at radius 3 is 1.53 bits per heavy atom. The Hall–Kier alpha value is -1.57. The molecule has 0 saturated heterocycles. The van der Waals surface area contributed by atoms with Crippen molar-refractivity contribution in [3.63, 3.8) is 0 Å². The summed E-state index contributed by atoms with van der Waals surface area (Å²) in [6.07, 6.45) is 3.49. The van der Waals surface area contributed by atoms with Crippen molar-refractivity contribution in [3.8, 4) is 0 Å². The van der Waals surface area contributed by atoms with Crippen molar-refractivity contribution in [1.29, 1.82) is 0 Å². The zero-order valence-electron chi connectivity index (χ0n) is 11.0. The average Bonchev–Trinajstić information content (AvgIpc) is 2.41. The highest BCUT2D eigenvalue weighted by Crippen LogP contribution is 2.18. The molecule has 2 N–H and O–H groups in total. The van der Waals surface area contributed by atoms with E-state index in [1.54, 1.807) is 0 Å². The number of benzene rings is 2. The van der Waals surface area contributed by atoms with Gasteiger partial charge in [0.1, 0.15) is 0 Å². The summed E-state index contributed by atoms with van der Waals surface area (Å²) in [5, 5.41) is 0. The van der Waals surface area contributed by atoms with Crippen LogP contribution in [-0.2, 0) is 12.8 Å². The maximum atomic E-state index is 6.44. The Morgan fingerprint density at radius 2 is 1.21 bits per heavy atom. The first-order chi connectivity index (χ1) is 8.72. The quantitative estimate of drug-likeness (QED) is 0.825. The number of halogens is 1. The van der Waals surface area contributed by atoms with Crippen LogP contribution in [0.3, 0.4) is 0 Å². The van der Waals surface area contributed by atoms with Gasteiger partial charge in [0.2, 0.25) is 0 Å². The van der Waals surface area contributed by atoms with Gasteiger partial charge in [0, 0.05) is 5.54 Å². The molecule has 2 heteroatoms. The molecule has 0 heterocycles. The van der Waals surface area contributed by atoms with E-state index in [2.05, 4.69) is 30.8 Å². The SMILES string of the molecule is C=CC(N)(Cc1ccccc1)Cc1ccccc1.Cl. The maximum Gasteiger partial charge on any atom is 0.0418 e. The largest absolute Gasteiger partial charge is 0.321 e. The molecule has 0 unspecified atom stereocenters. The van der Waals surface area contributed by atoms with E-state index in [0.29, 0.717) is 0 Å². The summed E-state index contributed by atoms with van der Waals surface area (Å²) < 4.78 is 0. The fourth-order valence-electron chi connectivity index (χ4n) is 2.16. The molecule has 0 aliphatic heterocycles. The summed E-state index contributed by atoms with van der Waals surface area (Å²) in [5.41, 5.74) is 8.55. The number of rotatable bonds is 5. The van der Waals surface area contributed by atoms with E-state index in [0.717, 1.165) is 12.8 Å². The molecule has 0 bridgehead atoms. The van der Waals surface area contributed by atoms with Gasteiger partial charge in [-0.3, -0.25) is 0 Å². The summed E-state index contributed by atoms with van der Waals surface area (Å²) in [6, 6.07) is 20.6. The van der Waals surface area contributed by atoms with Gasteiger partial charge in [-0.05, 0) is 24.0 Å². The van der Waals surface area contributed by atoms with Crippen molar-refractivity contribution in [1.82, 2.24) is 0 Å². The molecule has 2 aromatic rings. The molecule has 0 saturated carbocycles. The molecule has 1 nitrogen and oxygen atoms in total. The minimum Gasteiger partial charge on any atom is -0.321 e. The minimum atomic E-state index is -0.386. The van der Waals surface area contributed by atoms with Crippen molar-refractivity contribution >= 4 is 12.4 Å². The Morgan fingerprint density at radius 1 is 0.842 bits per heavy atom. The number of hydrogen-bond acceptors (Lipinski definition) is 1. The van der Waals surface area contributed by atoms with Crippen LogP contribution >= 0.6 is 12.4 Å². The third-order valence-electron chi connectivity index (χ3n) is 3.16. The second-order valence-corrected chi connectivity index (χ2v) is 4.76. The lowest BCUT2D eigenvalue weighted by Crippen LogP contribution is -2.42. The molecule has 0 aliphatic carbocycles. The van der Waals surface area contributed by atoms with Gasteiger partial charge in [-0.15, -0.1) is 19.0 Å². The molecule has 0 aliphatic rings. The molecular weight excluding hydrogens is 254 g/mol. The molecule has 2 aromatic carbocycles. The van der Waals surface area contributed by atoms with E-state index < -0.39 is 0 Å². The standard InChI is InChI=1S/C17H19N.ClH/c1-2-17(18,13-15-9-5-3-6-10-15)14-16-11-7-4-8-12-16;/h2-12H,1,13-14,18H2;1H. The highest BCUT2D eigenvalue weighted by atomic mass is 35.5. The Kier molecular flexibility index (Phi) is 5.81. The Labute approximate surface area is 121 Å². The van der Waals surface area contributed by atoms with Crippen molar-refractivity contribution in [3.05, 3.63) is 84.4 Å². The summed E-state index contributed by atoms with van der Waals surface area (Å²) in [6.45, 7) is 3.90. The van der Waals surface area contributed by atoms with Gasteiger partial charge in [-0.25, -0.2) is 0 Å². The van der Waals surface area contributed by atoms with Crippen LogP contribution in [-0.4, -0.2) is 5.54 Å². The van der Waals surface area contributed by atoms with Gasteiger partial charge in [-0.1, -0.05) is 66.7 Å². The normalized spacial score (nSPS) is 10.6. The van der Waals surface area contributed by atoms with Gasteiger partial charge in [-0.2, -0.15) is 0 Å².